The Kier molecular flexibility index (Phi) is 5.20. The van der Waals surface area contributed by atoms with Crippen LogP contribution in [0.2, 0.25) is 0 Å². The van der Waals surface area contributed by atoms with Crippen LogP contribution in [0.4, 0.5) is 0 Å². The molecule has 21 heavy (non-hydrogen) atoms. The molecule has 0 amide bonds. The minimum Gasteiger partial charge on any atom is -0.497 e. The second kappa shape index (κ2) is 6.91. The summed E-state index contributed by atoms with van der Waals surface area (Å²) in [4.78, 5) is 14.6. The van der Waals surface area contributed by atoms with Crippen molar-refractivity contribution in [2.24, 2.45) is 0 Å². The van der Waals surface area contributed by atoms with Gasteiger partial charge in [0, 0.05) is 32.6 Å². The zero-order valence-electron chi connectivity index (χ0n) is 13.0. The molecule has 1 aromatic carbocycles. The normalized spacial score (nSPS) is 18.8. The first-order chi connectivity index (χ1) is 10.1. The minimum atomic E-state index is -0.633. The van der Waals surface area contributed by atoms with E-state index in [1.165, 1.54) is 7.11 Å². The molecule has 1 N–H and O–H groups in total. The van der Waals surface area contributed by atoms with Gasteiger partial charge in [0.15, 0.2) is 0 Å². The number of carbonyl (C=O) groups excluding carboxylic acids is 1. The van der Waals surface area contributed by atoms with Gasteiger partial charge in [0.1, 0.15) is 11.3 Å². The van der Waals surface area contributed by atoms with Crippen molar-refractivity contribution < 1.29 is 14.3 Å². The molecule has 0 spiro atoms. The molecule has 1 aromatic rings. The SMILES string of the molecule is COC(=O)C(C)(Cc1ccc(OC)cc1)N1CCNCC1. The number of rotatable bonds is 5. The van der Waals surface area contributed by atoms with E-state index in [-0.39, 0.29) is 5.97 Å². The average molecular weight is 292 g/mol. The number of methoxy groups -OCH3 is 2. The molecule has 1 saturated heterocycles. The van der Waals surface area contributed by atoms with Crippen molar-refractivity contribution in [3.05, 3.63) is 29.8 Å². The number of ether oxygens (including phenoxy) is 2. The predicted molar refractivity (Wildman–Crippen MR) is 81.6 cm³/mol. The molecule has 116 valence electrons. The van der Waals surface area contributed by atoms with Gasteiger partial charge in [-0.3, -0.25) is 9.69 Å². The monoisotopic (exact) mass is 292 g/mol. The summed E-state index contributed by atoms with van der Waals surface area (Å²) in [6.45, 7) is 5.46. The van der Waals surface area contributed by atoms with Gasteiger partial charge in [-0.05, 0) is 24.6 Å². The summed E-state index contributed by atoms with van der Waals surface area (Å²) in [7, 11) is 3.10. The van der Waals surface area contributed by atoms with Crippen LogP contribution in [0, 0.1) is 0 Å². The van der Waals surface area contributed by atoms with E-state index < -0.39 is 5.54 Å². The minimum absolute atomic E-state index is 0.180. The molecule has 0 saturated carbocycles. The van der Waals surface area contributed by atoms with E-state index in [1.807, 2.05) is 31.2 Å². The fraction of sp³-hybridized carbons (Fsp3) is 0.562. The van der Waals surface area contributed by atoms with E-state index in [0.717, 1.165) is 37.5 Å². The quantitative estimate of drug-likeness (QED) is 0.823. The highest BCUT2D eigenvalue weighted by Gasteiger charge is 2.41. The van der Waals surface area contributed by atoms with Crippen molar-refractivity contribution in [1.29, 1.82) is 0 Å². The van der Waals surface area contributed by atoms with E-state index in [0.29, 0.717) is 6.42 Å². The van der Waals surface area contributed by atoms with Crippen LogP contribution in [0.1, 0.15) is 12.5 Å². The first-order valence-corrected chi connectivity index (χ1v) is 7.27. The van der Waals surface area contributed by atoms with E-state index in [9.17, 15) is 4.79 Å². The molecule has 0 radical (unpaired) electrons. The Balaban J connectivity index is 2.20. The van der Waals surface area contributed by atoms with E-state index in [1.54, 1.807) is 7.11 Å². The van der Waals surface area contributed by atoms with Crippen LogP contribution in [0.15, 0.2) is 24.3 Å². The summed E-state index contributed by atoms with van der Waals surface area (Å²) in [5.74, 6) is 0.640. The summed E-state index contributed by atoms with van der Waals surface area (Å²) < 4.78 is 10.2. The van der Waals surface area contributed by atoms with E-state index in [4.69, 9.17) is 9.47 Å². The third-order valence-corrected chi connectivity index (χ3v) is 4.15. The van der Waals surface area contributed by atoms with E-state index >= 15 is 0 Å². The van der Waals surface area contributed by atoms with Gasteiger partial charge in [-0.25, -0.2) is 0 Å². The fourth-order valence-corrected chi connectivity index (χ4v) is 2.83. The van der Waals surface area contributed by atoms with Crippen molar-refractivity contribution in [3.63, 3.8) is 0 Å². The average Bonchev–Trinajstić information content (AvgIpc) is 2.55. The van der Waals surface area contributed by atoms with Crippen LogP contribution in [-0.4, -0.2) is 56.8 Å². The van der Waals surface area contributed by atoms with Crippen molar-refractivity contribution in [2.45, 2.75) is 18.9 Å². The van der Waals surface area contributed by atoms with Crippen LogP contribution >= 0.6 is 0 Å². The van der Waals surface area contributed by atoms with Crippen LogP contribution < -0.4 is 10.1 Å². The van der Waals surface area contributed by atoms with Gasteiger partial charge in [0.2, 0.25) is 0 Å². The topological polar surface area (TPSA) is 50.8 Å². The number of benzene rings is 1. The number of nitrogens with zero attached hydrogens (tertiary/aromatic N) is 1. The maximum Gasteiger partial charge on any atom is 0.326 e. The Morgan fingerprint density at radius 2 is 1.86 bits per heavy atom. The van der Waals surface area contributed by atoms with Crippen molar-refractivity contribution in [2.75, 3.05) is 40.4 Å². The number of nitrogens with one attached hydrogen (secondary N) is 1. The first kappa shape index (κ1) is 15.8. The molecule has 5 heteroatoms. The molecular weight excluding hydrogens is 268 g/mol. The standard InChI is InChI=1S/C16H24N2O3/c1-16(15(19)21-3,18-10-8-17-9-11-18)12-13-4-6-14(20-2)7-5-13/h4-7,17H,8-12H2,1-3H3. The summed E-state index contributed by atoms with van der Waals surface area (Å²) in [6, 6.07) is 7.85. The second-order valence-corrected chi connectivity index (χ2v) is 5.53. The molecule has 2 rings (SSSR count). The Bertz CT molecular complexity index is 469. The molecule has 0 aliphatic carbocycles. The smallest absolute Gasteiger partial charge is 0.326 e. The summed E-state index contributed by atoms with van der Waals surface area (Å²) in [5.41, 5.74) is 0.466. The summed E-state index contributed by atoms with van der Waals surface area (Å²) >= 11 is 0. The summed E-state index contributed by atoms with van der Waals surface area (Å²) in [5, 5.41) is 3.31. The molecule has 5 nitrogen and oxygen atoms in total. The lowest BCUT2D eigenvalue weighted by Gasteiger charge is -2.41. The van der Waals surface area contributed by atoms with Gasteiger partial charge < -0.3 is 14.8 Å². The number of hydrogen-bond donors (Lipinski definition) is 1. The zero-order valence-corrected chi connectivity index (χ0v) is 13.0. The Labute approximate surface area is 126 Å². The Morgan fingerprint density at radius 1 is 1.24 bits per heavy atom. The van der Waals surface area contributed by atoms with Gasteiger partial charge >= 0.3 is 5.97 Å². The van der Waals surface area contributed by atoms with Crippen LogP contribution in [0.3, 0.4) is 0 Å². The second-order valence-electron chi connectivity index (χ2n) is 5.53. The van der Waals surface area contributed by atoms with Gasteiger partial charge in [0.25, 0.3) is 0 Å². The predicted octanol–water partition coefficient (Wildman–Crippen LogP) is 1.07. The highest BCUT2D eigenvalue weighted by molar-refractivity contribution is 5.80. The highest BCUT2D eigenvalue weighted by Crippen LogP contribution is 2.24. The van der Waals surface area contributed by atoms with Crippen molar-refractivity contribution in [1.82, 2.24) is 10.2 Å². The third kappa shape index (κ3) is 3.54. The largest absolute Gasteiger partial charge is 0.497 e. The third-order valence-electron chi connectivity index (χ3n) is 4.15. The van der Waals surface area contributed by atoms with Crippen LogP contribution in [0.25, 0.3) is 0 Å². The Hall–Kier alpha value is -1.59. The van der Waals surface area contributed by atoms with Gasteiger partial charge in [-0.15, -0.1) is 0 Å². The zero-order chi connectivity index (χ0) is 15.3. The summed E-state index contributed by atoms with van der Waals surface area (Å²) in [6.07, 6.45) is 0.629. The lowest BCUT2D eigenvalue weighted by Crippen LogP contribution is -2.60. The lowest BCUT2D eigenvalue weighted by atomic mass is 9.90. The maximum atomic E-state index is 12.4. The molecule has 1 heterocycles. The number of esters is 1. The fourth-order valence-electron chi connectivity index (χ4n) is 2.83. The van der Waals surface area contributed by atoms with Gasteiger partial charge in [-0.2, -0.15) is 0 Å². The van der Waals surface area contributed by atoms with Crippen LogP contribution in [-0.2, 0) is 16.0 Å². The molecule has 0 aromatic heterocycles. The van der Waals surface area contributed by atoms with Crippen molar-refractivity contribution >= 4 is 5.97 Å². The van der Waals surface area contributed by atoms with Crippen molar-refractivity contribution in [3.8, 4) is 5.75 Å². The van der Waals surface area contributed by atoms with Gasteiger partial charge in [0.05, 0.1) is 14.2 Å². The number of carbonyl (C=O) groups is 1. The number of hydrogen-bond acceptors (Lipinski definition) is 5. The first-order valence-electron chi connectivity index (χ1n) is 7.27. The van der Waals surface area contributed by atoms with E-state index in [2.05, 4.69) is 10.2 Å². The molecule has 1 fully saturated rings. The highest BCUT2D eigenvalue weighted by atomic mass is 16.5. The lowest BCUT2D eigenvalue weighted by molar-refractivity contribution is -0.154. The Morgan fingerprint density at radius 3 is 2.38 bits per heavy atom. The number of piperazine rings is 1. The van der Waals surface area contributed by atoms with Gasteiger partial charge in [-0.1, -0.05) is 12.1 Å². The molecule has 1 atom stereocenters. The molecule has 1 unspecified atom stereocenters. The molecular formula is C16H24N2O3. The van der Waals surface area contributed by atoms with Crippen LogP contribution in [0.5, 0.6) is 5.75 Å². The molecule has 1 aliphatic rings. The maximum absolute atomic E-state index is 12.4. The molecule has 0 bridgehead atoms. The molecule has 1 aliphatic heterocycles.